The first kappa shape index (κ1) is 24.8. The van der Waals surface area contributed by atoms with Gasteiger partial charge in [-0.15, -0.1) is 0 Å². The van der Waals surface area contributed by atoms with E-state index in [1.165, 1.54) is 6.42 Å². The van der Waals surface area contributed by atoms with Crippen LogP contribution in [-0.4, -0.2) is 32.3 Å². The summed E-state index contributed by atoms with van der Waals surface area (Å²) in [6, 6.07) is 18.4. The quantitative estimate of drug-likeness (QED) is 0.250. The van der Waals surface area contributed by atoms with Crippen LogP contribution in [0.1, 0.15) is 37.3 Å². The number of aromatic amines is 1. The summed E-state index contributed by atoms with van der Waals surface area (Å²) in [4.78, 5) is 0.269. The lowest BCUT2D eigenvalue weighted by Gasteiger charge is -2.10. The first-order valence-corrected chi connectivity index (χ1v) is 13.3. The highest BCUT2D eigenvalue weighted by atomic mass is 32.2. The highest BCUT2D eigenvalue weighted by Crippen LogP contribution is 2.31. The molecule has 2 aromatic heterocycles. The zero-order valence-electron chi connectivity index (χ0n) is 20.1. The van der Waals surface area contributed by atoms with Crippen molar-refractivity contribution in [2.75, 3.05) is 13.7 Å². The van der Waals surface area contributed by atoms with Crippen LogP contribution in [0.2, 0.25) is 0 Å². The number of H-pyrrole nitrogens is 1. The van der Waals surface area contributed by atoms with Gasteiger partial charge in [-0.25, -0.2) is 13.1 Å². The van der Waals surface area contributed by atoms with Crippen LogP contribution in [0.15, 0.2) is 76.2 Å². The van der Waals surface area contributed by atoms with Crippen molar-refractivity contribution in [1.82, 2.24) is 14.9 Å². The summed E-state index contributed by atoms with van der Waals surface area (Å²) in [6.07, 6.45) is 6.44. The molecule has 0 saturated heterocycles. The van der Waals surface area contributed by atoms with E-state index in [9.17, 15) is 8.42 Å². The largest absolute Gasteiger partial charge is 0.497 e. The Bertz CT molecular complexity index is 1310. The van der Waals surface area contributed by atoms with Crippen molar-refractivity contribution in [3.8, 4) is 28.5 Å². The van der Waals surface area contributed by atoms with Gasteiger partial charge in [-0.05, 0) is 73.4 Å². The van der Waals surface area contributed by atoms with Gasteiger partial charge in [0.25, 0.3) is 0 Å². The predicted molar refractivity (Wildman–Crippen MR) is 137 cm³/mol. The second-order valence-corrected chi connectivity index (χ2v) is 10.1. The maximum Gasteiger partial charge on any atom is 0.240 e. The van der Waals surface area contributed by atoms with Crippen LogP contribution < -0.4 is 9.46 Å². The van der Waals surface area contributed by atoms with Crippen molar-refractivity contribution in [2.24, 2.45) is 0 Å². The minimum Gasteiger partial charge on any atom is -0.497 e. The molecule has 2 N–H and O–H groups in total. The molecule has 2 heterocycles. The molecule has 0 aliphatic rings. The minimum absolute atomic E-state index is 0.219. The normalized spacial score (nSPS) is 11.6. The average Bonchev–Trinajstić information content (AvgIpc) is 3.55. The molecule has 0 atom stereocenters. The summed E-state index contributed by atoms with van der Waals surface area (Å²) in [7, 11) is -2.01. The zero-order chi connectivity index (χ0) is 24.7. The number of nitrogens with one attached hydrogen (secondary N) is 2. The van der Waals surface area contributed by atoms with E-state index in [2.05, 4.69) is 21.8 Å². The molecular weight excluding hydrogens is 462 g/mol. The van der Waals surface area contributed by atoms with Gasteiger partial charge >= 0.3 is 0 Å². The van der Waals surface area contributed by atoms with Gasteiger partial charge in [-0.2, -0.15) is 5.10 Å². The van der Waals surface area contributed by atoms with Crippen LogP contribution in [0, 0.1) is 0 Å². The number of ether oxygens (including phenoxy) is 1. The molecule has 0 bridgehead atoms. The molecule has 0 unspecified atom stereocenters. The lowest BCUT2D eigenvalue weighted by atomic mass is 10.0. The number of hydrogen-bond acceptors (Lipinski definition) is 5. The van der Waals surface area contributed by atoms with E-state index in [0.29, 0.717) is 17.9 Å². The van der Waals surface area contributed by atoms with Crippen molar-refractivity contribution in [1.29, 1.82) is 0 Å². The highest BCUT2D eigenvalue weighted by molar-refractivity contribution is 7.89. The minimum atomic E-state index is -3.63. The molecule has 0 aliphatic carbocycles. The number of aryl methyl sites for hydroxylation is 1. The van der Waals surface area contributed by atoms with Crippen molar-refractivity contribution in [2.45, 2.75) is 43.9 Å². The topological polar surface area (TPSA) is 97.2 Å². The first-order valence-electron chi connectivity index (χ1n) is 11.9. The molecule has 7 nitrogen and oxygen atoms in total. The maximum atomic E-state index is 12.9. The Morgan fingerprint density at radius 3 is 2.43 bits per heavy atom. The van der Waals surface area contributed by atoms with Crippen molar-refractivity contribution >= 4 is 10.0 Å². The van der Waals surface area contributed by atoms with Gasteiger partial charge in [-0.3, -0.25) is 5.10 Å². The summed E-state index contributed by atoms with van der Waals surface area (Å²) >= 11 is 0. The van der Waals surface area contributed by atoms with Crippen LogP contribution in [0.4, 0.5) is 0 Å². The molecule has 0 fully saturated rings. The van der Waals surface area contributed by atoms with Crippen LogP contribution in [0.5, 0.6) is 5.75 Å². The Morgan fingerprint density at radius 1 is 1.00 bits per heavy atom. The number of aromatic nitrogens is 2. The van der Waals surface area contributed by atoms with E-state index in [1.54, 1.807) is 31.6 Å². The standard InChI is InChI=1S/C27H31N3O4S/c1-3-4-5-7-20-9-15-23(16-10-20)35(31,32)28-18-17-24-26(21-11-13-22(33-2)14-12-21)29-30-27(24)25-8-6-19-34-25/h6,8-16,19,28H,3-5,7,17-18H2,1-2H3,(H,29,30). The van der Waals surface area contributed by atoms with Gasteiger partial charge in [0.05, 0.1) is 24.0 Å². The van der Waals surface area contributed by atoms with Gasteiger partial charge in [0.15, 0.2) is 5.76 Å². The summed E-state index contributed by atoms with van der Waals surface area (Å²) < 4.78 is 39.4. The molecule has 0 amide bonds. The smallest absolute Gasteiger partial charge is 0.240 e. The summed E-state index contributed by atoms with van der Waals surface area (Å²) in [5.74, 6) is 1.38. The van der Waals surface area contributed by atoms with Gasteiger partial charge < -0.3 is 9.15 Å². The summed E-state index contributed by atoms with van der Waals surface area (Å²) in [5, 5.41) is 7.56. The fourth-order valence-corrected chi connectivity index (χ4v) is 5.06. The lowest BCUT2D eigenvalue weighted by Crippen LogP contribution is -2.26. The molecule has 184 valence electrons. The first-order chi connectivity index (χ1) is 17.0. The van der Waals surface area contributed by atoms with Gasteiger partial charge in [0.2, 0.25) is 10.0 Å². The Labute approximate surface area is 206 Å². The van der Waals surface area contributed by atoms with E-state index in [0.717, 1.165) is 47.4 Å². The molecule has 2 aromatic carbocycles. The Morgan fingerprint density at radius 2 is 1.77 bits per heavy atom. The third-order valence-corrected chi connectivity index (χ3v) is 7.45. The van der Waals surface area contributed by atoms with Crippen LogP contribution >= 0.6 is 0 Å². The molecule has 8 heteroatoms. The maximum absolute atomic E-state index is 12.9. The SMILES string of the molecule is CCCCCc1ccc(S(=O)(=O)NCCc2c(-c3ccco3)n[nH]c2-c2ccc(OC)cc2)cc1. The lowest BCUT2D eigenvalue weighted by molar-refractivity contribution is 0.415. The van der Waals surface area contributed by atoms with Crippen molar-refractivity contribution in [3.05, 3.63) is 78.1 Å². The number of furan rings is 1. The predicted octanol–water partition coefficient (Wildman–Crippen LogP) is 5.60. The van der Waals surface area contributed by atoms with E-state index < -0.39 is 10.0 Å². The van der Waals surface area contributed by atoms with Crippen LogP contribution in [-0.2, 0) is 22.9 Å². The van der Waals surface area contributed by atoms with Crippen LogP contribution in [0.25, 0.3) is 22.7 Å². The Balaban J connectivity index is 1.50. The number of hydrogen-bond donors (Lipinski definition) is 2. The van der Waals surface area contributed by atoms with E-state index >= 15 is 0 Å². The summed E-state index contributed by atoms with van der Waals surface area (Å²) in [6.45, 7) is 2.39. The van der Waals surface area contributed by atoms with E-state index in [4.69, 9.17) is 9.15 Å². The molecular formula is C27H31N3O4S. The molecule has 0 radical (unpaired) electrons. The molecule has 0 spiro atoms. The highest BCUT2D eigenvalue weighted by Gasteiger charge is 2.20. The molecule has 4 aromatic rings. The number of rotatable bonds is 12. The Kier molecular flexibility index (Phi) is 8.05. The number of sulfonamides is 1. The van der Waals surface area contributed by atoms with Gasteiger partial charge in [0.1, 0.15) is 11.4 Å². The number of unbranched alkanes of at least 4 members (excludes halogenated alkanes) is 2. The fraction of sp³-hybridized carbons (Fsp3) is 0.296. The van der Waals surface area contributed by atoms with Gasteiger partial charge in [-0.1, -0.05) is 31.9 Å². The zero-order valence-corrected chi connectivity index (χ0v) is 20.9. The van der Waals surface area contributed by atoms with E-state index in [-0.39, 0.29) is 11.4 Å². The summed E-state index contributed by atoms with van der Waals surface area (Å²) in [5.41, 5.74) is 4.43. The number of nitrogens with zero attached hydrogens (tertiary/aromatic N) is 1. The third-order valence-electron chi connectivity index (χ3n) is 5.97. The Hall–Kier alpha value is -3.36. The second-order valence-electron chi connectivity index (χ2n) is 8.38. The molecule has 35 heavy (non-hydrogen) atoms. The molecule has 0 saturated carbocycles. The second kappa shape index (κ2) is 11.4. The fourth-order valence-electron chi connectivity index (χ4n) is 4.03. The van der Waals surface area contributed by atoms with Crippen LogP contribution in [0.3, 0.4) is 0 Å². The monoisotopic (exact) mass is 493 g/mol. The van der Waals surface area contributed by atoms with E-state index in [1.807, 2.05) is 42.5 Å². The number of benzene rings is 2. The molecule has 0 aliphatic heterocycles. The number of methoxy groups -OCH3 is 1. The molecule has 4 rings (SSSR count). The van der Waals surface area contributed by atoms with Crippen molar-refractivity contribution < 1.29 is 17.6 Å². The average molecular weight is 494 g/mol. The van der Waals surface area contributed by atoms with Crippen molar-refractivity contribution in [3.63, 3.8) is 0 Å². The van der Waals surface area contributed by atoms with Gasteiger partial charge in [0, 0.05) is 17.7 Å². The third kappa shape index (κ3) is 6.01.